The molecule has 0 aliphatic rings. The fourth-order valence-electron chi connectivity index (χ4n) is 3.57. The molecular weight excluding hydrogens is 304 g/mol. The van der Waals surface area contributed by atoms with Gasteiger partial charge in [0.15, 0.2) is 0 Å². The molecule has 0 radical (unpaired) electrons. The molecule has 0 saturated carbocycles. The molecular formula is C20H21ClN2. The van der Waals surface area contributed by atoms with Crippen molar-refractivity contribution in [2.75, 3.05) is 6.54 Å². The molecule has 23 heavy (non-hydrogen) atoms. The van der Waals surface area contributed by atoms with Gasteiger partial charge in [0.05, 0.1) is 0 Å². The summed E-state index contributed by atoms with van der Waals surface area (Å²) < 4.78 is 0. The van der Waals surface area contributed by atoms with Crippen LogP contribution >= 0.6 is 12.4 Å². The standard InChI is InChI=1S/C20H20N2.ClH/c21-12-2-5-18(22)16-10-8-15-7-6-13-3-1-4-14-9-11-17(16)20(15)19(13)14;/h1,3-4,6-11,18H,2,5,12,21-22H2;1H/t18-;/m1./s1. The number of rotatable bonds is 4. The Balaban J connectivity index is 0.00000156. The van der Waals surface area contributed by atoms with Crippen LogP contribution in [-0.4, -0.2) is 6.54 Å². The van der Waals surface area contributed by atoms with Crippen LogP contribution in [0.25, 0.3) is 32.3 Å². The molecule has 0 unspecified atom stereocenters. The zero-order chi connectivity index (χ0) is 15.1. The minimum atomic E-state index is 0. The Morgan fingerprint density at radius 3 is 2.09 bits per heavy atom. The van der Waals surface area contributed by atoms with Gasteiger partial charge in [0.2, 0.25) is 0 Å². The largest absolute Gasteiger partial charge is 0.330 e. The van der Waals surface area contributed by atoms with E-state index in [0.717, 1.165) is 12.8 Å². The van der Waals surface area contributed by atoms with Crippen LogP contribution in [0.4, 0.5) is 0 Å². The molecule has 0 aromatic heterocycles. The van der Waals surface area contributed by atoms with E-state index in [4.69, 9.17) is 11.5 Å². The van der Waals surface area contributed by atoms with Gasteiger partial charge in [-0.1, -0.05) is 54.6 Å². The minimum absolute atomic E-state index is 0. The van der Waals surface area contributed by atoms with E-state index in [-0.39, 0.29) is 18.4 Å². The maximum atomic E-state index is 6.42. The lowest BCUT2D eigenvalue weighted by Gasteiger charge is -2.18. The Bertz CT molecular complexity index is 932. The van der Waals surface area contributed by atoms with Gasteiger partial charge in [-0.2, -0.15) is 0 Å². The first-order chi connectivity index (χ1) is 10.8. The van der Waals surface area contributed by atoms with Gasteiger partial charge in [0, 0.05) is 6.04 Å². The van der Waals surface area contributed by atoms with Crippen LogP contribution < -0.4 is 11.5 Å². The first-order valence-electron chi connectivity index (χ1n) is 7.91. The van der Waals surface area contributed by atoms with E-state index in [9.17, 15) is 0 Å². The fourth-order valence-corrected chi connectivity index (χ4v) is 3.57. The quantitative estimate of drug-likeness (QED) is 0.532. The molecule has 4 rings (SSSR count). The Labute approximate surface area is 142 Å². The van der Waals surface area contributed by atoms with Crippen LogP contribution in [0.1, 0.15) is 24.4 Å². The van der Waals surface area contributed by atoms with E-state index in [1.807, 2.05) is 0 Å². The highest BCUT2D eigenvalue weighted by molar-refractivity contribution is 6.23. The van der Waals surface area contributed by atoms with Gasteiger partial charge in [-0.05, 0) is 57.3 Å². The SMILES string of the molecule is Cl.NCCC[C@@H](N)c1ccc2ccc3cccc4ccc1c2c34. The molecule has 4 N–H and O–H groups in total. The highest BCUT2D eigenvalue weighted by Crippen LogP contribution is 2.37. The van der Waals surface area contributed by atoms with Crippen molar-refractivity contribution in [1.29, 1.82) is 0 Å². The second-order valence-corrected chi connectivity index (χ2v) is 6.05. The van der Waals surface area contributed by atoms with Crippen molar-refractivity contribution >= 4 is 44.7 Å². The molecule has 1 atom stereocenters. The van der Waals surface area contributed by atoms with Gasteiger partial charge in [-0.15, -0.1) is 12.4 Å². The summed E-state index contributed by atoms with van der Waals surface area (Å²) in [5.74, 6) is 0. The molecule has 0 aliphatic carbocycles. The summed E-state index contributed by atoms with van der Waals surface area (Å²) in [6.45, 7) is 0.694. The van der Waals surface area contributed by atoms with Crippen molar-refractivity contribution in [3.8, 4) is 0 Å². The normalized spacial score (nSPS) is 12.8. The molecule has 0 amide bonds. The van der Waals surface area contributed by atoms with Gasteiger partial charge in [-0.3, -0.25) is 0 Å². The van der Waals surface area contributed by atoms with Gasteiger partial charge in [-0.25, -0.2) is 0 Å². The monoisotopic (exact) mass is 324 g/mol. The summed E-state index contributed by atoms with van der Waals surface area (Å²) in [5, 5.41) is 7.86. The summed E-state index contributed by atoms with van der Waals surface area (Å²) in [6, 6.07) is 19.8. The zero-order valence-corrected chi connectivity index (χ0v) is 13.8. The Morgan fingerprint density at radius 1 is 0.783 bits per heavy atom. The lowest BCUT2D eigenvalue weighted by Crippen LogP contribution is -2.13. The molecule has 4 aromatic carbocycles. The molecule has 3 heteroatoms. The second-order valence-electron chi connectivity index (χ2n) is 6.05. The first kappa shape index (κ1) is 16.0. The lowest BCUT2D eigenvalue weighted by molar-refractivity contribution is 0.622. The maximum Gasteiger partial charge on any atom is 0.0301 e. The van der Waals surface area contributed by atoms with Crippen molar-refractivity contribution in [2.24, 2.45) is 11.5 Å². The maximum absolute atomic E-state index is 6.42. The Morgan fingerprint density at radius 2 is 1.39 bits per heavy atom. The molecule has 0 bridgehead atoms. The van der Waals surface area contributed by atoms with Gasteiger partial charge in [0.25, 0.3) is 0 Å². The van der Waals surface area contributed by atoms with Crippen LogP contribution in [0.3, 0.4) is 0 Å². The van der Waals surface area contributed by atoms with Gasteiger partial charge < -0.3 is 11.5 Å². The highest BCUT2D eigenvalue weighted by Gasteiger charge is 2.14. The van der Waals surface area contributed by atoms with E-state index in [1.165, 1.54) is 37.9 Å². The third kappa shape index (κ3) is 2.53. The molecule has 0 spiro atoms. The number of hydrogen-bond donors (Lipinski definition) is 2. The summed E-state index contributed by atoms with van der Waals surface area (Å²) in [4.78, 5) is 0. The van der Waals surface area contributed by atoms with Crippen LogP contribution in [0.2, 0.25) is 0 Å². The molecule has 0 fully saturated rings. The number of halogens is 1. The number of hydrogen-bond acceptors (Lipinski definition) is 2. The van der Waals surface area contributed by atoms with E-state index in [1.54, 1.807) is 0 Å². The van der Waals surface area contributed by atoms with Crippen LogP contribution in [0, 0.1) is 0 Å². The fraction of sp³-hybridized carbons (Fsp3) is 0.200. The average Bonchev–Trinajstić information content (AvgIpc) is 2.57. The summed E-state index contributed by atoms with van der Waals surface area (Å²) in [6.07, 6.45) is 1.89. The molecule has 0 aliphatic heterocycles. The first-order valence-corrected chi connectivity index (χ1v) is 7.91. The molecule has 4 aromatic rings. The summed E-state index contributed by atoms with van der Waals surface area (Å²) in [5.41, 5.74) is 13.3. The molecule has 2 nitrogen and oxygen atoms in total. The zero-order valence-electron chi connectivity index (χ0n) is 13.0. The van der Waals surface area contributed by atoms with E-state index in [2.05, 4.69) is 54.6 Å². The second kappa shape index (κ2) is 6.32. The topological polar surface area (TPSA) is 52.0 Å². The van der Waals surface area contributed by atoms with Crippen LogP contribution in [0.15, 0.2) is 54.6 Å². The highest BCUT2D eigenvalue weighted by atomic mass is 35.5. The van der Waals surface area contributed by atoms with E-state index < -0.39 is 0 Å². The summed E-state index contributed by atoms with van der Waals surface area (Å²) >= 11 is 0. The smallest absolute Gasteiger partial charge is 0.0301 e. The van der Waals surface area contributed by atoms with E-state index >= 15 is 0 Å². The predicted molar refractivity (Wildman–Crippen MR) is 103 cm³/mol. The van der Waals surface area contributed by atoms with Crippen molar-refractivity contribution in [2.45, 2.75) is 18.9 Å². The van der Waals surface area contributed by atoms with Gasteiger partial charge in [0.1, 0.15) is 0 Å². The Hall–Kier alpha value is -1.87. The molecule has 0 saturated heterocycles. The molecule has 0 heterocycles. The lowest BCUT2D eigenvalue weighted by atomic mass is 9.89. The average molecular weight is 325 g/mol. The number of nitrogens with two attached hydrogens (primary N) is 2. The summed E-state index contributed by atoms with van der Waals surface area (Å²) in [7, 11) is 0. The predicted octanol–water partition coefficient (Wildman–Crippen LogP) is 4.74. The van der Waals surface area contributed by atoms with Crippen molar-refractivity contribution in [3.63, 3.8) is 0 Å². The van der Waals surface area contributed by atoms with Gasteiger partial charge >= 0.3 is 0 Å². The third-order valence-corrected chi connectivity index (χ3v) is 4.68. The third-order valence-electron chi connectivity index (χ3n) is 4.68. The molecule has 118 valence electrons. The van der Waals surface area contributed by atoms with Crippen molar-refractivity contribution in [1.82, 2.24) is 0 Å². The van der Waals surface area contributed by atoms with Crippen LogP contribution in [-0.2, 0) is 0 Å². The minimum Gasteiger partial charge on any atom is -0.330 e. The Kier molecular flexibility index (Phi) is 4.40. The van der Waals surface area contributed by atoms with Crippen molar-refractivity contribution < 1.29 is 0 Å². The van der Waals surface area contributed by atoms with E-state index in [0.29, 0.717) is 6.54 Å². The van der Waals surface area contributed by atoms with Crippen molar-refractivity contribution in [3.05, 3.63) is 60.2 Å². The number of benzene rings is 4. The van der Waals surface area contributed by atoms with Crippen LogP contribution in [0.5, 0.6) is 0 Å².